The number of benzene rings is 4. The van der Waals surface area contributed by atoms with Gasteiger partial charge in [0.25, 0.3) is 0 Å². The van der Waals surface area contributed by atoms with Crippen molar-refractivity contribution in [2.75, 3.05) is 53.8 Å². The van der Waals surface area contributed by atoms with Gasteiger partial charge in [0, 0.05) is 47.7 Å². The molecule has 0 saturated heterocycles. The van der Waals surface area contributed by atoms with E-state index in [0.29, 0.717) is 72.5 Å². The summed E-state index contributed by atoms with van der Waals surface area (Å²) in [6.07, 6.45) is 3.77. The van der Waals surface area contributed by atoms with Crippen LogP contribution in [0.3, 0.4) is 0 Å². The van der Waals surface area contributed by atoms with Gasteiger partial charge in [-0.15, -0.1) is 5.75 Å². The van der Waals surface area contributed by atoms with Crippen molar-refractivity contribution in [2.45, 2.75) is 40.0 Å². The molecule has 0 unspecified atom stereocenters. The van der Waals surface area contributed by atoms with Crippen LogP contribution in [0.15, 0.2) is 66.7 Å². The van der Waals surface area contributed by atoms with Gasteiger partial charge in [0.2, 0.25) is 0 Å². The van der Waals surface area contributed by atoms with Crippen LogP contribution in [0.2, 0.25) is 0 Å². The number of hydrogen-bond acceptors (Lipinski definition) is 8. The van der Waals surface area contributed by atoms with Gasteiger partial charge in [-0.05, 0) is 55.2 Å². The van der Waals surface area contributed by atoms with E-state index in [2.05, 4.69) is 0 Å². The maximum Gasteiger partial charge on any atom is 0.163 e. The van der Waals surface area contributed by atoms with E-state index in [4.69, 9.17) is 18.9 Å². The van der Waals surface area contributed by atoms with Crippen molar-refractivity contribution in [3.63, 3.8) is 0 Å². The van der Waals surface area contributed by atoms with Crippen molar-refractivity contribution >= 4 is 7.26 Å². The predicted molar refractivity (Wildman–Crippen MR) is 187 cm³/mol. The monoisotopic (exact) mass is 664 g/mol. The number of aromatic hydroxyl groups is 3. The van der Waals surface area contributed by atoms with Crippen LogP contribution in [0.1, 0.15) is 50.1 Å². The number of rotatable bonds is 14. The quantitative estimate of drug-likeness (QED) is 0.123. The Morgan fingerprint density at radius 1 is 0.511 bits per heavy atom. The van der Waals surface area contributed by atoms with Crippen LogP contribution in [-0.2, 0) is 38.2 Å². The highest BCUT2D eigenvalue weighted by molar-refractivity contribution is 7.75. The van der Waals surface area contributed by atoms with E-state index in [9.17, 15) is 20.4 Å². The van der Waals surface area contributed by atoms with Crippen molar-refractivity contribution in [1.29, 1.82) is 0 Å². The van der Waals surface area contributed by atoms with Crippen LogP contribution < -0.4 is 5.11 Å². The minimum absolute atomic E-state index is 0.0813. The normalized spacial score (nSPS) is 11.3. The minimum Gasteiger partial charge on any atom is -0.872 e. The van der Waals surface area contributed by atoms with Gasteiger partial charge < -0.3 is 39.4 Å². The van der Waals surface area contributed by atoms with Crippen molar-refractivity contribution < 1.29 is 39.4 Å². The highest BCUT2D eigenvalue weighted by Crippen LogP contribution is 2.58. The van der Waals surface area contributed by atoms with E-state index in [-0.39, 0.29) is 23.0 Å². The Labute approximate surface area is 279 Å². The van der Waals surface area contributed by atoms with Crippen LogP contribution in [0.5, 0.6) is 23.0 Å². The first-order valence-electron chi connectivity index (χ1n) is 15.4. The third-order valence-electron chi connectivity index (χ3n) is 7.81. The first-order valence-corrected chi connectivity index (χ1v) is 18.0. The van der Waals surface area contributed by atoms with E-state index in [1.54, 1.807) is 52.7 Å². The fraction of sp³-hybridized carbons (Fsp3) is 0.368. The fourth-order valence-corrected chi connectivity index (χ4v) is 8.40. The van der Waals surface area contributed by atoms with Crippen molar-refractivity contribution in [1.82, 2.24) is 0 Å². The zero-order chi connectivity index (χ0) is 34.6. The Balaban J connectivity index is 0.000000392. The maximum absolute atomic E-state index is 13.2. The highest BCUT2D eigenvalue weighted by Gasteiger charge is 2.38. The molecule has 4 rings (SSSR count). The summed E-state index contributed by atoms with van der Waals surface area (Å²) >= 11 is 0. The topological polar surface area (TPSA) is 121 Å². The number of hydrogen-bond donors (Lipinski definition) is 3. The Morgan fingerprint density at radius 2 is 0.872 bits per heavy atom. The smallest absolute Gasteiger partial charge is 0.163 e. The number of phenols is 3. The van der Waals surface area contributed by atoms with E-state index in [0.717, 1.165) is 22.3 Å². The molecule has 0 bridgehead atoms. The summed E-state index contributed by atoms with van der Waals surface area (Å²) in [4.78, 5) is 0. The molecule has 47 heavy (non-hydrogen) atoms. The molecule has 0 atom stereocenters. The van der Waals surface area contributed by atoms with E-state index in [1.165, 1.54) is 0 Å². The van der Waals surface area contributed by atoms with Gasteiger partial charge in [-0.2, -0.15) is 0 Å². The SMILES string of the molecule is COC[P+](COC)(COC)COC.Cc1ccc(O)c(Cc2cccc(Cc3cc(C)cc(Cc4cc(C)ccc4O)c3O)c2[O-])c1. The molecule has 0 aromatic heterocycles. The molecule has 0 fully saturated rings. The van der Waals surface area contributed by atoms with Gasteiger partial charge in [-0.25, -0.2) is 0 Å². The molecule has 0 saturated carbocycles. The zero-order valence-corrected chi connectivity index (χ0v) is 29.5. The fourth-order valence-electron chi connectivity index (χ4n) is 5.77. The lowest BCUT2D eigenvalue weighted by Gasteiger charge is -2.23. The lowest BCUT2D eigenvalue weighted by molar-refractivity contribution is -0.270. The maximum atomic E-state index is 13.2. The number of para-hydroxylation sites is 1. The number of ether oxygens (including phenoxy) is 4. The number of methoxy groups -OCH3 is 4. The number of aryl methyl sites for hydroxylation is 3. The first kappa shape index (κ1) is 37.8. The Kier molecular flexibility index (Phi) is 14.5. The summed E-state index contributed by atoms with van der Waals surface area (Å²) in [5, 5.41) is 44.7. The van der Waals surface area contributed by atoms with Gasteiger partial charge in [-0.1, -0.05) is 82.4 Å². The lowest BCUT2D eigenvalue weighted by Crippen LogP contribution is -2.16. The standard InChI is InChI=1S/C30H30O4.C8H20O4P/c1-18-7-9-27(31)23(11-18)15-21-5-4-6-22(29(21)33)16-25-13-20(3)14-26(30(25)34)17-24-12-19(2)8-10-28(24)32;1-9-5-13(6-10-2,7-11-3)8-12-4/h4-14,31-34H,15-17H2,1-3H3;5-8H2,1-4H3/q;+1/p-1. The van der Waals surface area contributed by atoms with Crippen molar-refractivity contribution in [3.05, 3.63) is 117 Å². The molecule has 0 radical (unpaired) electrons. The average Bonchev–Trinajstić information content (AvgIpc) is 3.02. The second-order valence-corrected chi connectivity index (χ2v) is 15.9. The van der Waals surface area contributed by atoms with E-state index in [1.807, 2.05) is 63.2 Å². The summed E-state index contributed by atoms with van der Waals surface area (Å²) in [5.74, 6) is 0.438. The van der Waals surface area contributed by atoms with Crippen LogP contribution in [0.4, 0.5) is 0 Å². The molecule has 4 aromatic rings. The zero-order valence-electron chi connectivity index (χ0n) is 28.6. The first-order chi connectivity index (χ1) is 22.4. The molecule has 254 valence electrons. The van der Waals surface area contributed by atoms with Crippen LogP contribution >= 0.6 is 7.26 Å². The summed E-state index contributed by atoms with van der Waals surface area (Å²) in [7, 11) is 5.38. The third kappa shape index (κ3) is 10.7. The Hall–Kier alpha value is -3.65. The van der Waals surface area contributed by atoms with Gasteiger partial charge >= 0.3 is 0 Å². The average molecular weight is 665 g/mol. The molecule has 4 aromatic carbocycles. The molecule has 0 spiro atoms. The van der Waals surface area contributed by atoms with E-state index < -0.39 is 7.26 Å². The van der Waals surface area contributed by atoms with Crippen molar-refractivity contribution in [3.8, 4) is 23.0 Å². The van der Waals surface area contributed by atoms with Crippen LogP contribution in [-0.4, -0.2) is 69.2 Å². The van der Waals surface area contributed by atoms with E-state index >= 15 is 0 Å². The second kappa shape index (κ2) is 18.0. The molecule has 8 nitrogen and oxygen atoms in total. The molecular weight excluding hydrogens is 615 g/mol. The second-order valence-electron chi connectivity index (χ2n) is 12.1. The van der Waals surface area contributed by atoms with Crippen molar-refractivity contribution in [2.24, 2.45) is 0 Å². The minimum atomic E-state index is -1.39. The molecule has 0 amide bonds. The molecule has 0 aliphatic carbocycles. The van der Waals surface area contributed by atoms with Gasteiger partial charge in [0.05, 0.1) is 0 Å². The van der Waals surface area contributed by atoms with Crippen LogP contribution in [0.25, 0.3) is 0 Å². The third-order valence-corrected chi connectivity index (χ3v) is 11.0. The lowest BCUT2D eigenvalue weighted by atomic mass is 9.93. The largest absolute Gasteiger partial charge is 0.872 e. The molecule has 9 heteroatoms. The van der Waals surface area contributed by atoms with Gasteiger partial charge in [0.15, 0.2) is 25.4 Å². The molecular formula is C38H49O8P. The summed E-state index contributed by atoms with van der Waals surface area (Å²) < 4.78 is 20.7. The molecule has 0 aliphatic rings. The summed E-state index contributed by atoms with van der Waals surface area (Å²) in [6, 6.07) is 20.0. The Bertz CT molecular complexity index is 1570. The molecule has 3 N–H and O–H groups in total. The molecule has 0 aliphatic heterocycles. The number of phenolic OH excluding ortho intramolecular Hbond substituents is 3. The predicted octanol–water partition coefficient (Wildman–Crippen LogP) is 6.99. The van der Waals surface area contributed by atoms with Gasteiger partial charge in [0.1, 0.15) is 24.5 Å². The summed E-state index contributed by atoms with van der Waals surface area (Å²) in [6.45, 7) is 5.87. The highest BCUT2D eigenvalue weighted by atomic mass is 31.2. The summed E-state index contributed by atoms with van der Waals surface area (Å²) in [5.41, 5.74) is 7.08. The van der Waals surface area contributed by atoms with Gasteiger partial charge in [-0.3, -0.25) is 0 Å². The molecule has 0 heterocycles. The Morgan fingerprint density at radius 3 is 1.28 bits per heavy atom. The van der Waals surface area contributed by atoms with Crippen LogP contribution in [0, 0.1) is 20.8 Å².